The quantitative estimate of drug-likeness (QED) is 0.330. The molecule has 0 spiro atoms. The number of nitrogens with one attached hydrogen (secondary N) is 1. The summed E-state index contributed by atoms with van der Waals surface area (Å²) in [5.74, 6) is 1.17. The lowest BCUT2D eigenvalue weighted by molar-refractivity contribution is -0.384. The molecule has 6 nitrogen and oxygen atoms in total. The van der Waals surface area contributed by atoms with Gasteiger partial charge in [0.25, 0.3) is 5.69 Å². The Kier molecular flexibility index (Phi) is 8.32. The van der Waals surface area contributed by atoms with Crippen LogP contribution in [0.5, 0.6) is 11.5 Å². The van der Waals surface area contributed by atoms with Crippen molar-refractivity contribution >= 4 is 17.3 Å². The second kappa shape index (κ2) is 10.3. The van der Waals surface area contributed by atoms with Crippen LogP contribution in [0.3, 0.4) is 0 Å². The van der Waals surface area contributed by atoms with Gasteiger partial charge in [0, 0.05) is 35.3 Å². The molecule has 170 valence electrons. The Bertz CT molecular complexity index is 890. The van der Waals surface area contributed by atoms with Crippen LogP contribution in [0.4, 0.5) is 5.69 Å². The molecular weight excluding hydrogens is 416 g/mol. The maximum atomic E-state index is 10.8. The van der Waals surface area contributed by atoms with E-state index in [0.717, 1.165) is 17.5 Å². The van der Waals surface area contributed by atoms with E-state index >= 15 is 0 Å². The lowest BCUT2D eigenvalue weighted by Gasteiger charge is -2.33. The van der Waals surface area contributed by atoms with Crippen molar-refractivity contribution in [2.45, 2.75) is 66.7 Å². The third kappa shape index (κ3) is 8.04. The zero-order valence-electron chi connectivity index (χ0n) is 19.3. The van der Waals surface area contributed by atoms with Gasteiger partial charge in [-0.1, -0.05) is 32.4 Å². The molecule has 1 N–H and O–H groups in total. The van der Waals surface area contributed by atoms with Gasteiger partial charge >= 0.3 is 0 Å². The minimum atomic E-state index is -0.423. The number of hydrogen-bond donors (Lipinski definition) is 1. The molecule has 0 bridgehead atoms. The Morgan fingerprint density at radius 2 is 1.65 bits per heavy atom. The molecule has 0 unspecified atom stereocenters. The van der Waals surface area contributed by atoms with Crippen LogP contribution in [0.2, 0.25) is 5.02 Å². The molecular formula is C24H33ClN2O4. The molecule has 2 aromatic rings. The van der Waals surface area contributed by atoms with Crippen molar-refractivity contribution in [2.75, 3.05) is 6.61 Å². The van der Waals surface area contributed by atoms with E-state index in [9.17, 15) is 10.1 Å². The highest BCUT2D eigenvalue weighted by atomic mass is 35.5. The molecule has 0 atom stereocenters. The topological polar surface area (TPSA) is 73.6 Å². The first-order chi connectivity index (χ1) is 14.4. The van der Waals surface area contributed by atoms with Crippen LogP contribution in [0.1, 0.15) is 59.1 Å². The molecule has 0 radical (unpaired) electrons. The summed E-state index contributed by atoms with van der Waals surface area (Å²) in [5.41, 5.74) is 1.98. The van der Waals surface area contributed by atoms with Gasteiger partial charge in [-0.15, -0.1) is 0 Å². The van der Waals surface area contributed by atoms with E-state index in [1.807, 2.05) is 13.0 Å². The Morgan fingerprint density at radius 1 is 1.03 bits per heavy atom. The van der Waals surface area contributed by atoms with Gasteiger partial charge in [0.15, 0.2) is 11.5 Å². The van der Waals surface area contributed by atoms with Crippen molar-refractivity contribution in [3.05, 3.63) is 62.7 Å². The summed E-state index contributed by atoms with van der Waals surface area (Å²) in [6, 6.07) is 9.96. The Balaban J connectivity index is 2.12. The highest BCUT2D eigenvalue weighted by molar-refractivity contribution is 6.31. The second-order valence-corrected chi connectivity index (χ2v) is 9.92. The lowest BCUT2D eigenvalue weighted by atomic mass is 9.82. The van der Waals surface area contributed by atoms with Gasteiger partial charge < -0.3 is 14.8 Å². The Morgan fingerprint density at radius 3 is 2.19 bits per heavy atom. The number of rotatable bonds is 10. The fourth-order valence-corrected chi connectivity index (χ4v) is 3.91. The maximum absolute atomic E-state index is 10.8. The summed E-state index contributed by atoms with van der Waals surface area (Å²) in [6.07, 6.45) is 1.02. The number of nitro groups is 1. The summed E-state index contributed by atoms with van der Waals surface area (Å²) in [5, 5.41) is 15.0. The number of hydrogen-bond acceptors (Lipinski definition) is 5. The predicted octanol–water partition coefficient (Wildman–Crippen LogP) is 6.53. The molecule has 0 aliphatic rings. The number of nitro benzene ring substituents is 1. The average molecular weight is 449 g/mol. The number of nitrogens with zero attached hydrogens (tertiary/aromatic N) is 1. The van der Waals surface area contributed by atoms with Crippen LogP contribution in [-0.4, -0.2) is 17.1 Å². The first kappa shape index (κ1) is 25.0. The molecule has 0 aliphatic heterocycles. The highest BCUT2D eigenvalue weighted by Gasteiger charge is 2.25. The predicted molar refractivity (Wildman–Crippen MR) is 125 cm³/mol. The zero-order chi connectivity index (χ0) is 23.2. The van der Waals surface area contributed by atoms with Crippen molar-refractivity contribution in [2.24, 2.45) is 5.41 Å². The van der Waals surface area contributed by atoms with Crippen LogP contribution in [-0.2, 0) is 13.2 Å². The third-order valence-electron chi connectivity index (χ3n) is 4.68. The van der Waals surface area contributed by atoms with E-state index < -0.39 is 4.92 Å². The van der Waals surface area contributed by atoms with Crippen molar-refractivity contribution < 1.29 is 14.4 Å². The number of halogens is 1. The average Bonchev–Trinajstić information content (AvgIpc) is 2.65. The van der Waals surface area contributed by atoms with Crippen LogP contribution >= 0.6 is 11.6 Å². The van der Waals surface area contributed by atoms with Gasteiger partial charge in [0.2, 0.25) is 0 Å². The monoisotopic (exact) mass is 448 g/mol. The normalized spacial score (nSPS) is 12.0. The van der Waals surface area contributed by atoms with Crippen LogP contribution in [0.25, 0.3) is 0 Å². The zero-order valence-corrected chi connectivity index (χ0v) is 20.0. The molecule has 2 aromatic carbocycles. The van der Waals surface area contributed by atoms with Gasteiger partial charge in [-0.2, -0.15) is 0 Å². The molecule has 0 fully saturated rings. The molecule has 0 heterocycles. The standard InChI is InChI=1S/C24H33ClN2O4/c1-7-30-21-12-18(14-26-24(5,6)16-23(2,3)4)20(25)13-22(21)31-15-17-8-10-19(11-9-17)27(28)29/h8-13,26H,7,14-16H2,1-6H3. The summed E-state index contributed by atoms with van der Waals surface area (Å²) >= 11 is 6.55. The van der Waals surface area contributed by atoms with Crippen LogP contribution in [0, 0.1) is 15.5 Å². The lowest BCUT2D eigenvalue weighted by Crippen LogP contribution is -2.41. The molecule has 2 rings (SSSR count). The van der Waals surface area contributed by atoms with Crippen molar-refractivity contribution in [1.29, 1.82) is 0 Å². The van der Waals surface area contributed by atoms with Gasteiger partial charge in [0.1, 0.15) is 6.61 Å². The number of benzene rings is 2. The van der Waals surface area contributed by atoms with Crippen molar-refractivity contribution in [3.63, 3.8) is 0 Å². The van der Waals surface area contributed by atoms with Crippen LogP contribution in [0.15, 0.2) is 36.4 Å². The summed E-state index contributed by atoms with van der Waals surface area (Å²) in [6.45, 7) is 14.4. The van der Waals surface area contributed by atoms with Crippen molar-refractivity contribution in [3.8, 4) is 11.5 Å². The van der Waals surface area contributed by atoms with E-state index in [-0.39, 0.29) is 23.2 Å². The molecule has 0 aliphatic carbocycles. The Labute approximate surface area is 190 Å². The van der Waals surface area contributed by atoms with Gasteiger partial charge in [0.05, 0.1) is 11.5 Å². The molecule has 0 saturated carbocycles. The maximum Gasteiger partial charge on any atom is 0.269 e. The van der Waals surface area contributed by atoms with Gasteiger partial charge in [-0.05, 0) is 61.9 Å². The largest absolute Gasteiger partial charge is 0.490 e. The molecule has 31 heavy (non-hydrogen) atoms. The molecule has 0 amide bonds. The van der Waals surface area contributed by atoms with E-state index in [4.69, 9.17) is 21.1 Å². The SMILES string of the molecule is CCOc1cc(CNC(C)(C)CC(C)(C)C)c(Cl)cc1OCc1ccc([N+](=O)[O-])cc1. The van der Waals surface area contributed by atoms with Crippen LogP contribution < -0.4 is 14.8 Å². The minimum absolute atomic E-state index is 0.0432. The number of non-ortho nitro benzene ring substituents is 1. The smallest absolute Gasteiger partial charge is 0.269 e. The Hall–Kier alpha value is -2.31. The number of ether oxygens (including phenoxy) is 2. The molecule has 7 heteroatoms. The molecule has 0 aromatic heterocycles. The summed E-state index contributed by atoms with van der Waals surface area (Å²) < 4.78 is 11.7. The van der Waals surface area contributed by atoms with E-state index in [2.05, 4.69) is 39.9 Å². The first-order valence-corrected chi connectivity index (χ1v) is 10.8. The van der Waals surface area contributed by atoms with Gasteiger partial charge in [-0.3, -0.25) is 10.1 Å². The first-order valence-electron chi connectivity index (χ1n) is 10.5. The van der Waals surface area contributed by atoms with Crippen molar-refractivity contribution in [1.82, 2.24) is 5.32 Å². The minimum Gasteiger partial charge on any atom is -0.490 e. The molecule has 0 saturated heterocycles. The summed E-state index contributed by atoms with van der Waals surface area (Å²) in [4.78, 5) is 10.4. The second-order valence-electron chi connectivity index (χ2n) is 9.51. The highest BCUT2D eigenvalue weighted by Crippen LogP contribution is 2.35. The van der Waals surface area contributed by atoms with Gasteiger partial charge in [-0.25, -0.2) is 0 Å². The van der Waals surface area contributed by atoms with E-state index in [0.29, 0.717) is 29.7 Å². The fourth-order valence-electron chi connectivity index (χ4n) is 3.69. The summed E-state index contributed by atoms with van der Waals surface area (Å²) in [7, 11) is 0. The third-order valence-corrected chi connectivity index (χ3v) is 5.04. The fraction of sp³-hybridized carbons (Fsp3) is 0.500. The van der Waals surface area contributed by atoms with E-state index in [1.54, 1.807) is 18.2 Å². The van der Waals surface area contributed by atoms with E-state index in [1.165, 1.54) is 12.1 Å².